The summed E-state index contributed by atoms with van der Waals surface area (Å²) in [6.07, 6.45) is 0. The van der Waals surface area contributed by atoms with E-state index in [9.17, 15) is 0 Å². The summed E-state index contributed by atoms with van der Waals surface area (Å²) in [5, 5.41) is 0. The second-order valence-corrected chi connectivity index (χ2v) is 0. The predicted molar refractivity (Wildman–Crippen MR) is 0 cm³/mol. The van der Waals surface area contributed by atoms with E-state index in [1.54, 1.807) is 0 Å². The molecule has 1 radical (unpaired) electrons. The molecule has 0 rings (SSSR count). The van der Waals surface area contributed by atoms with Crippen LogP contribution in [0.15, 0.2) is 0 Å². The zero-order valence-corrected chi connectivity index (χ0v) is 16.8. The summed E-state index contributed by atoms with van der Waals surface area (Å²) in [5.74, 6) is 0. The van der Waals surface area contributed by atoms with Crippen molar-refractivity contribution < 1.29 is 150 Å². The Bertz CT molecular complexity index is 3.90. The number of hydrogen-bond donors (Lipinski definition) is 0. The largest absolute Gasteiger partial charge is 1.00 e. The molecule has 0 saturated carbocycles. The molecule has 45 valence electrons. The summed E-state index contributed by atoms with van der Waals surface area (Å²) in [6.45, 7) is 0. The Hall–Kier alpha value is 4.66. The Morgan fingerprint density at radius 2 is 0.333 bits per heavy atom. The van der Waals surface area contributed by atoms with Gasteiger partial charge in [0.2, 0.25) is 0 Å². The summed E-state index contributed by atoms with van der Waals surface area (Å²) < 4.78 is 0. The SMILES string of the molecule is [I-].[I-].[I-].[I-].[I-].[Np]. The molecule has 0 heterocycles. The first kappa shape index (κ1) is 45.8. The van der Waals surface area contributed by atoms with E-state index in [1.165, 1.54) is 0 Å². The second-order valence-electron chi connectivity index (χ2n) is 0. The maximum absolute atomic E-state index is 0. The van der Waals surface area contributed by atoms with E-state index < -0.39 is 0 Å². The molecule has 0 nitrogen and oxygen atoms in total. The van der Waals surface area contributed by atoms with Gasteiger partial charge in [-0.1, -0.05) is 0 Å². The van der Waals surface area contributed by atoms with E-state index in [0.717, 1.165) is 0 Å². The third-order valence-corrected chi connectivity index (χ3v) is 0. The van der Waals surface area contributed by atoms with Crippen LogP contribution in [0.4, 0.5) is 0 Å². The molecule has 0 bridgehead atoms. The minimum Gasteiger partial charge on any atom is -1.00 e. The van der Waals surface area contributed by atoms with Crippen LogP contribution < -0.4 is 120 Å². The first-order valence-corrected chi connectivity index (χ1v) is 0. The van der Waals surface area contributed by atoms with E-state index in [2.05, 4.69) is 0 Å². The Morgan fingerprint density at radius 1 is 0.333 bits per heavy atom. The number of rotatable bonds is 0. The van der Waals surface area contributed by atoms with Gasteiger partial charge in [0.05, 0.1) is 0 Å². The van der Waals surface area contributed by atoms with Crippen LogP contribution in [0.5, 0.6) is 0 Å². The third kappa shape index (κ3) is 23.4. The van der Waals surface area contributed by atoms with Gasteiger partial charge in [0, 0.05) is 29.9 Å². The molecular weight excluding hydrogens is 872 g/mol. The topological polar surface area (TPSA) is 0 Å². The monoisotopic (exact) mass is 871 g/mol. The van der Waals surface area contributed by atoms with Crippen LogP contribution in [0.3, 0.4) is 0 Å². The molecule has 0 spiro atoms. The molecule has 0 saturated heterocycles. The first-order valence-electron chi connectivity index (χ1n) is 0. The fraction of sp³-hybridized carbons (Fsp3) is 0. The maximum atomic E-state index is 0. The fourth-order valence-electron chi connectivity index (χ4n) is 0. The molecule has 0 fully saturated rings. The molecule has 0 aromatic carbocycles. The van der Waals surface area contributed by atoms with Crippen LogP contribution >= 0.6 is 0 Å². The summed E-state index contributed by atoms with van der Waals surface area (Å²) in [6, 6.07) is 0. The maximum Gasteiger partial charge on any atom is 0 e. The average molecular weight is 872 g/mol. The molecule has 0 aliphatic rings. The van der Waals surface area contributed by atoms with Crippen molar-refractivity contribution in [2.24, 2.45) is 0 Å². The zero-order valence-electron chi connectivity index (χ0n) is 2.34. The summed E-state index contributed by atoms with van der Waals surface area (Å²) in [5.41, 5.74) is 0. The smallest absolute Gasteiger partial charge is 0 e. The zero-order chi connectivity index (χ0) is 0. The van der Waals surface area contributed by atoms with E-state index in [4.69, 9.17) is 0 Å². The van der Waals surface area contributed by atoms with Gasteiger partial charge < -0.3 is 120 Å². The molecule has 0 aliphatic heterocycles. The van der Waals surface area contributed by atoms with Crippen molar-refractivity contribution in [2.75, 3.05) is 0 Å². The third-order valence-electron chi connectivity index (χ3n) is 0. The molecule has 0 N–H and O–H groups in total. The van der Waals surface area contributed by atoms with E-state index in [1.807, 2.05) is 0 Å². The van der Waals surface area contributed by atoms with Crippen molar-refractivity contribution in [3.63, 3.8) is 0 Å². The van der Waals surface area contributed by atoms with Gasteiger partial charge >= 0.3 is 0 Å². The minimum absolute atomic E-state index is 0. The Morgan fingerprint density at radius 3 is 0.333 bits per heavy atom. The van der Waals surface area contributed by atoms with E-state index >= 15 is 0 Å². The Balaban J connectivity index is 0. The first-order chi connectivity index (χ1) is 0. The van der Waals surface area contributed by atoms with Gasteiger partial charge in [-0.05, 0) is 0 Å². The molecule has 0 unspecified atom stereocenters. The van der Waals surface area contributed by atoms with Crippen LogP contribution in [-0.4, -0.2) is 0 Å². The second kappa shape index (κ2) is 33.4. The number of hydrogen-bond acceptors (Lipinski definition) is 0. The van der Waals surface area contributed by atoms with Crippen molar-refractivity contribution in [1.82, 2.24) is 0 Å². The quantitative estimate of drug-likeness (QED) is 0.213. The molecule has 0 aromatic heterocycles. The van der Waals surface area contributed by atoms with Crippen molar-refractivity contribution in [2.45, 2.75) is 0 Å². The van der Waals surface area contributed by atoms with Crippen LogP contribution in [-0.2, 0) is 0 Å². The Labute approximate surface area is 146 Å². The summed E-state index contributed by atoms with van der Waals surface area (Å²) >= 11 is 0. The van der Waals surface area contributed by atoms with Gasteiger partial charge in [-0.3, -0.25) is 0 Å². The van der Waals surface area contributed by atoms with Gasteiger partial charge in [0.15, 0.2) is 0 Å². The van der Waals surface area contributed by atoms with Gasteiger partial charge in [0.25, 0.3) is 0 Å². The van der Waals surface area contributed by atoms with Gasteiger partial charge in [-0.2, -0.15) is 0 Å². The van der Waals surface area contributed by atoms with Crippen LogP contribution in [0.1, 0.15) is 0 Å². The van der Waals surface area contributed by atoms with Crippen molar-refractivity contribution >= 4 is 0 Å². The van der Waals surface area contributed by atoms with Crippen LogP contribution in [0.2, 0.25) is 0 Å². The van der Waals surface area contributed by atoms with Gasteiger partial charge in [0.1, 0.15) is 0 Å². The molecular formula is I5Np-5. The molecule has 0 aliphatic carbocycles. The van der Waals surface area contributed by atoms with Crippen molar-refractivity contribution in [3.8, 4) is 0 Å². The van der Waals surface area contributed by atoms with E-state index in [-0.39, 0.29) is 150 Å². The minimum atomic E-state index is 0. The van der Waals surface area contributed by atoms with E-state index in [0.29, 0.717) is 0 Å². The molecule has 6 heteroatoms. The fourth-order valence-corrected chi connectivity index (χ4v) is 0. The average Bonchev–Trinajstić information content (AvgIpc) is 0. The van der Waals surface area contributed by atoms with Gasteiger partial charge in [-0.25, -0.2) is 0 Å². The standard InChI is InChI=1S/5HI.Np/h5*1H;/p-5. The van der Waals surface area contributed by atoms with Crippen LogP contribution in [0, 0.1) is 29.9 Å². The number of halogens is 5. The Kier molecular flexibility index (Phi) is 255. The molecule has 0 amide bonds. The normalized spacial score (nSPS) is 0. The van der Waals surface area contributed by atoms with Gasteiger partial charge in [-0.15, -0.1) is 0 Å². The van der Waals surface area contributed by atoms with Crippen molar-refractivity contribution in [3.05, 3.63) is 0 Å². The molecule has 0 atom stereocenters. The predicted octanol–water partition coefficient (Wildman–Crippen LogP) is -15.0. The van der Waals surface area contributed by atoms with Crippen LogP contribution in [0.25, 0.3) is 0 Å². The molecule has 6 heavy (non-hydrogen) atoms. The summed E-state index contributed by atoms with van der Waals surface area (Å²) in [7, 11) is 0. The summed E-state index contributed by atoms with van der Waals surface area (Å²) in [4.78, 5) is 0. The van der Waals surface area contributed by atoms with Crippen molar-refractivity contribution in [1.29, 1.82) is 0 Å². The molecule has 0 aromatic rings.